The molecule has 1 heterocycles. The maximum Gasteiger partial charge on any atom is 0.373 e. The molecule has 1 N–H and O–H groups in total. The highest BCUT2D eigenvalue weighted by Gasteiger charge is 2.16. The van der Waals surface area contributed by atoms with Crippen LogP contribution in [-0.4, -0.2) is 21.5 Å². The maximum absolute atomic E-state index is 12.5. The molecule has 2 aromatic carbocycles. The highest BCUT2D eigenvalue weighted by atomic mass is 32.2. The van der Waals surface area contributed by atoms with E-state index in [9.17, 15) is 13.2 Å². The zero-order valence-electron chi connectivity index (χ0n) is 14.2. The molecule has 0 fully saturated rings. The van der Waals surface area contributed by atoms with Crippen LogP contribution in [0, 0.1) is 6.92 Å². The fourth-order valence-electron chi connectivity index (χ4n) is 2.34. The lowest BCUT2D eigenvalue weighted by Crippen LogP contribution is -2.12. The lowest BCUT2D eigenvalue weighted by Gasteiger charge is -2.08. The van der Waals surface area contributed by atoms with Gasteiger partial charge in [0, 0.05) is 11.3 Å². The van der Waals surface area contributed by atoms with Gasteiger partial charge in [-0.25, -0.2) is 13.2 Å². The number of furan rings is 1. The van der Waals surface area contributed by atoms with Crippen molar-refractivity contribution in [3.63, 3.8) is 0 Å². The average Bonchev–Trinajstić information content (AvgIpc) is 3.13. The summed E-state index contributed by atoms with van der Waals surface area (Å²) in [5.41, 5.74) is 2.19. The smallest absolute Gasteiger partial charge is 0.373 e. The van der Waals surface area contributed by atoms with Gasteiger partial charge in [0.05, 0.1) is 12.0 Å². The Morgan fingerprint density at radius 1 is 0.962 bits per heavy atom. The third kappa shape index (κ3) is 3.78. The number of ether oxygens (including phenoxy) is 1. The molecular formula is C19H17NO5S. The zero-order valence-corrected chi connectivity index (χ0v) is 15.0. The van der Waals surface area contributed by atoms with E-state index < -0.39 is 16.0 Å². The van der Waals surface area contributed by atoms with Crippen LogP contribution in [0.15, 0.2) is 70.0 Å². The number of nitrogens with one attached hydrogen (secondary N) is 1. The molecule has 0 aliphatic carbocycles. The highest BCUT2D eigenvalue weighted by Crippen LogP contribution is 2.25. The Morgan fingerprint density at radius 2 is 1.62 bits per heavy atom. The van der Waals surface area contributed by atoms with E-state index in [1.54, 1.807) is 30.3 Å². The fraction of sp³-hybridized carbons (Fsp3) is 0.105. The number of carbonyl (C=O) groups excluding carboxylic acids is 1. The van der Waals surface area contributed by atoms with Gasteiger partial charge < -0.3 is 9.15 Å². The number of carbonyl (C=O) groups is 1. The van der Waals surface area contributed by atoms with Gasteiger partial charge in [-0.3, -0.25) is 4.72 Å². The largest absolute Gasteiger partial charge is 0.463 e. The third-order valence-electron chi connectivity index (χ3n) is 3.75. The molecule has 134 valence electrons. The minimum absolute atomic E-state index is 0.0836. The lowest BCUT2D eigenvalue weighted by atomic mass is 10.2. The molecule has 7 heteroatoms. The van der Waals surface area contributed by atoms with Crippen LogP contribution < -0.4 is 4.72 Å². The van der Waals surface area contributed by atoms with Crippen LogP contribution in [-0.2, 0) is 14.8 Å². The van der Waals surface area contributed by atoms with Crippen LogP contribution in [0.4, 0.5) is 5.69 Å². The average molecular weight is 371 g/mol. The van der Waals surface area contributed by atoms with Gasteiger partial charge in [-0.2, -0.15) is 0 Å². The Hall–Kier alpha value is -3.06. The molecule has 0 saturated carbocycles. The van der Waals surface area contributed by atoms with Crippen LogP contribution in [0.1, 0.15) is 16.1 Å². The molecule has 0 amide bonds. The first-order valence-electron chi connectivity index (χ1n) is 7.77. The number of hydrogen-bond acceptors (Lipinski definition) is 5. The molecule has 0 bridgehead atoms. The molecule has 0 atom stereocenters. The van der Waals surface area contributed by atoms with Crippen LogP contribution >= 0.6 is 0 Å². The summed E-state index contributed by atoms with van der Waals surface area (Å²) < 4.78 is 37.5. The normalized spacial score (nSPS) is 11.2. The second-order valence-electron chi connectivity index (χ2n) is 5.65. The summed E-state index contributed by atoms with van der Waals surface area (Å²) in [5, 5.41) is 0. The summed E-state index contributed by atoms with van der Waals surface area (Å²) in [6.07, 6.45) is 0. The first-order chi connectivity index (χ1) is 12.4. The Labute approximate surface area is 151 Å². The molecule has 0 unspecified atom stereocenters. The van der Waals surface area contributed by atoms with Crippen molar-refractivity contribution in [3.05, 3.63) is 72.0 Å². The van der Waals surface area contributed by atoms with Gasteiger partial charge in [-0.1, -0.05) is 17.7 Å². The number of aryl methyl sites for hydroxylation is 1. The third-order valence-corrected chi connectivity index (χ3v) is 5.14. The van der Waals surface area contributed by atoms with Crippen LogP contribution in [0.25, 0.3) is 11.3 Å². The van der Waals surface area contributed by atoms with Crippen molar-refractivity contribution < 1.29 is 22.4 Å². The summed E-state index contributed by atoms with van der Waals surface area (Å²) in [6, 6.07) is 16.4. The quantitative estimate of drug-likeness (QED) is 0.689. The molecule has 6 nitrogen and oxygen atoms in total. The van der Waals surface area contributed by atoms with E-state index in [1.807, 2.05) is 19.1 Å². The number of methoxy groups -OCH3 is 1. The SMILES string of the molecule is COC(=O)c1ccc(-c2ccc(S(=O)(=O)Nc3ccc(C)cc3)cc2)o1. The Morgan fingerprint density at radius 3 is 2.23 bits per heavy atom. The van der Waals surface area contributed by atoms with Crippen molar-refractivity contribution in [1.82, 2.24) is 0 Å². The molecule has 0 radical (unpaired) electrons. The Balaban J connectivity index is 1.81. The van der Waals surface area contributed by atoms with Crippen molar-refractivity contribution in [3.8, 4) is 11.3 Å². The number of hydrogen-bond donors (Lipinski definition) is 1. The van der Waals surface area contributed by atoms with Gasteiger partial charge in [0.2, 0.25) is 5.76 Å². The summed E-state index contributed by atoms with van der Waals surface area (Å²) in [6.45, 7) is 1.93. The molecule has 26 heavy (non-hydrogen) atoms. The summed E-state index contributed by atoms with van der Waals surface area (Å²) in [5.74, 6) is -0.0428. The number of anilines is 1. The van der Waals surface area contributed by atoms with Crippen molar-refractivity contribution >= 4 is 21.7 Å². The molecule has 0 spiro atoms. The summed E-state index contributed by atoms with van der Waals surface area (Å²) in [4.78, 5) is 11.6. The first kappa shape index (κ1) is 17.8. The van der Waals surface area contributed by atoms with Crippen molar-refractivity contribution in [2.45, 2.75) is 11.8 Å². The number of esters is 1. The minimum atomic E-state index is -3.69. The van der Waals surface area contributed by atoms with Crippen molar-refractivity contribution in [2.24, 2.45) is 0 Å². The van der Waals surface area contributed by atoms with E-state index >= 15 is 0 Å². The van der Waals surface area contributed by atoms with Gasteiger partial charge in [0.25, 0.3) is 10.0 Å². The molecular weight excluding hydrogens is 354 g/mol. The first-order valence-corrected chi connectivity index (χ1v) is 9.25. The fourth-order valence-corrected chi connectivity index (χ4v) is 3.40. The topological polar surface area (TPSA) is 85.6 Å². The molecule has 3 rings (SSSR count). The van der Waals surface area contributed by atoms with Gasteiger partial charge in [-0.05, 0) is 55.5 Å². The summed E-state index contributed by atoms with van der Waals surface area (Å²) in [7, 11) is -2.42. The molecule has 0 aliphatic heterocycles. The van der Waals surface area contributed by atoms with E-state index in [1.165, 1.54) is 25.3 Å². The second kappa shape index (κ2) is 7.05. The Kier molecular flexibility index (Phi) is 4.81. The van der Waals surface area contributed by atoms with E-state index in [0.29, 0.717) is 17.0 Å². The van der Waals surface area contributed by atoms with Gasteiger partial charge in [0.1, 0.15) is 5.76 Å². The van der Waals surface area contributed by atoms with E-state index in [-0.39, 0.29) is 10.7 Å². The maximum atomic E-state index is 12.5. The van der Waals surface area contributed by atoms with Crippen LogP contribution in [0.3, 0.4) is 0 Å². The molecule has 3 aromatic rings. The summed E-state index contributed by atoms with van der Waals surface area (Å²) >= 11 is 0. The number of benzene rings is 2. The minimum Gasteiger partial charge on any atom is -0.463 e. The lowest BCUT2D eigenvalue weighted by molar-refractivity contribution is 0.0566. The van der Waals surface area contributed by atoms with Crippen molar-refractivity contribution in [1.29, 1.82) is 0 Å². The van der Waals surface area contributed by atoms with Crippen LogP contribution in [0.5, 0.6) is 0 Å². The van der Waals surface area contributed by atoms with Gasteiger partial charge in [-0.15, -0.1) is 0 Å². The predicted octanol–water partition coefficient (Wildman–Crippen LogP) is 3.84. The predicted molar refractivity (Wildman–Crippen MR) is 97.5 cm³/mol. The zero-order chi connectivity index (χ0) is 18.7. The molecule has 0 aliphatic rings. The van der Waals surface area contributed by atoms with Gasteiger partial charge in [0.15, 0.2) is 0 Å². The van der Waals surface area contributed by atoms with E-state index in [0.717, 1.165) is 5.56 Å². The van der Waals surface area contributed by atoms with E-state index in [2.05, 4.69) is 9.46 Å². The molecule has 0 saturated heterocycles. The van der Waals surface area contributed by atoms with Crippen LogP contribution in [0.2, 0.25) is 0 Å². The molecule has 1 aromatic heterocycles. The monoisotopic (exact) mass is 371 g/mol. The van der Waals surface area contributed by atoms with E-state index in [4.69, 9.17) is 4.42 Å². The van der Waals surface area contributed by atoms with Gasteiger partial charge >= 0.3 is 5.97 Å². The Bertz CT molecular complexity index is 1020. The highest BCUT2D eigenvalue weighted by molar-refractivity contribution is 7.92. The number of rotatable bonds is 5. The second-order valence-corrected chi connectivity index (χ2v) is 7.33. The number of sulfonamides is 1. The standard InChI is InChI=1S/C19H17NO5S/c1-13-3-7-15(8-4-13)20-26(22,23)16-9-5-14(6-10-16)17-11-12-18(25-17)19(21)24-2/h3-12,20H,1-2H3. The van der Waals surface area contributed by atoms with Crippen molar-refractivity contribution in [2.75, 3.05) is 11.8 Å².